The molecule has 0 aliphatic carbocycles. The Kier molecular flexibility index (Phi) is 4.45. The maximum atomic E-state index is 11.0. The summed E-state index contributed by atoms with van der Waals surface area (Å²) in [6.45, 7) is 0. The van der Waals surface area contributed by atoms with Crippen LogP contribution in [0.25, 0.3) is 0 Å². The number of rotatable bonds is 6. The van der Waals surface area contributed by atoms with E-state index in [9.17, 15) is 35.1 Å². The Labute approximate surface area is 132 Å². The minimum absolute atomic E-state index is 0.0557. The molecule has 11 nitrogen and oxygen atoms in total. The van der Waals surface area contributed by atoms with Crippen molar-refractivity contribution in [2.45, 2.75) is 0 Å². The van der Waals surface area contributed by atoms with Crippen LogP contribution in [0, 0.1) is 30.3 Å². The SMILES string of the molecule is O=Cc1ccc([N+](=O)[O-])c(Oc2ccc([N+](=O)[O-])cc2[N+](=O)[O-])c1. The second kappa shape index (κ2) is 6.48. The lowest BCUT2D eigenvalue weighted by molar-refractivity contribution is -0.394. The van der Waals surface area contributed by atoms with Gasteiger partial charge in [-0.05, 0) is 18.2 Å². The summed E-state index contributed by atoms with van der Waals surface area (Å²) in [6, 6.07) is 5.81. The van der Waals surface area contributed by atoms with Crippen molar-refractivity contribution in [1.82, 2.24) is 0 Å². The van der Waals surface area contributed by atoms with Gasteiger partial charge < -0.3 is 4.74 Å². The van der Waals surface area contributed by atoms with E-state index in [0.717, 1.165) is 24.3 Å². The van der Waals surface area contributed by atoms with E-state index in [0.29, 0.717) is 12.4 Å². The van der Waals surface area contributed by atoms with Crippen LogP contribution in [0.15, 0.2) is 36.4 Å². The van der Waals surface area contributed by atoms with Gasteiger partial charge in [0.15, 0.2) is 0 Å². The van der Waals surface area contributed by atoms with Crippen molar-refractivity contribution in [2.75, 3.05) is 0 Å². The summed E-state index contributed by atoms with van der Waals surface area (Å²) >= 11 is 0. The largest absolute Gasteiger partial charge is 0.443 e. The first-order chi connectivity index (χ1) is 11.3. The number of carbonyl (C=O) groups is 1. The first-order valence-electron chi connectivity index (χ1n) is 6.17. The summed E-state index contributed by atoms with van der Waals surface area (Å²) in [5.74, 6) is -0.835. The second-order valence-corrected chi connectivity index (χ2v) is 4.37. The van der Waals surface area contributed by atoms with Crippen LogP contribution in [0.1, 0.15) is 10.4 Å². The fraction of sp³-hybridized carbons (Fsp3) is 0. The Balaban J connectivity index is 2.55. The molecule has 24 heavy (non-hydrogen) atoms. The summed E-state index contributed by atoms with van der Waals surface area (Å²) in [5.41, 5.74) is -1.74. The zero-order valence-corrected chi connectivity index (χ0v) is 11.6. The van der Waals surface area contributed by atoms with Crippen molar-refractivity contribution in [2.24, 2.45) is 0 Å². The fourth-order valence-electron chi connectivity index (χ4n) is 1.80. The molecule has 0 aliphatic heterocycles. The number of carbonyl (C=O) groups excluding carboxylic acids is 1. The third-order valence-corrected chi connectivity index (χ3v) is 2.89. The highest BCUT2D eigenvalue weighted by Gasteiger charge is 2.24. The summed E-state index contributed by atoms with van der Waals surface area (Å²) in [4.78, 5) is 41.0. The number of non-ortho nitro benzene ring substituents is 1. The van der Waals surface area contributed by atoms with Gasteiger partial charge in [0.2, 0.25) is 11.5 Å². The van der Waals surface area contributed by atoms with E-state index in [-0.39, 0.29) is 5.56 Å². The minimum atomic E-state index is -0.919. The lowest BCUT2D eigenvalue weighted by atomic mass is 10.2. The van der Waals surface area contributed by atoms with Crippen LogP contribution < -0.4 is 4.74 Å². The van der Waals surface area contributed by atoms with Crippen LogP contribution in [0.2, 0.25) is 0 Å². The number of hydrogen-bond donors (Lipinski definition) is 0. The molecule has 0 spiro atoms. The Morgan fingerprint density at radius 3 is 2.00 bits per heavy atom. The first-order valence-corrected chi connectivity index (χ1v) is 6.17. The van der Waals surface area contributed by atoms with Gasteiger partial charge in [-0.15, -0.1) is 0 Å². The number of ether oxygens (including phenoxy) is 1. The van der Waals surface area contributed by atoms with Crippen LogP contribution in [0.3, 0.4) is 0 Å². The average Bonchev–Trinajstić information content (AvgIpc) is 2.54. The molecule has 2 rings (SSSR count). The average molecular weight is 333 g/mol. The molecule has 0 fully saturated rings. The van der Waals surface area contributed by atoms with Crippen molar-refractivity contribution in [3.8, 4) is 11.5 Å². The quantitative estimate of drug-likeness (QED) is 0.443. The third kappa shape index (κ3) is 3.30. The molecule has 0 saturated carbocycles. The third-order valence-electron chi connectivity index (χ3n) is 2.89. The van der Waals surface area contributed by atoms with E-state index >= 15 is 0 Å². The summed E-state index contributed by atoms with van der Waals surface area (Å²) in [5, 5.41) is 32.7. The first kappa shape index (κ1) is 16.5. The van der Waals surface area contributed by atoms with Crippen molar-refractivity contribution in [1.29, 1.82) is 0 Å². The fourth-order valence-corrected chi connectivity index (χ4v) is 1.80. The lowest BCUT2D eigenvalue weighted by Gasteiger charge is -2.07. The number of nitro benzene ring substituents is 3. The molecule has 0 radical (unpaired) electrons. The standard InChI is InChI=1S/C13H7N3O8/c17-7-8-1-3-10(15(20)21)13(5-8)24-12-4-2-9(14(18)19)6-11(12)16(22)23/h1-7H. The van der Waals surface area contributed by atoms with Gasteiger partial charge in [0.25, 0.3) is 5.69 Å². The monoisotopic (exact) mass is 333 g/mol. The molecule has 0 N–H and O–H groups in total. The van der Waals surface area contributed by atoms with E-state index < -0.39 is 43.3 Å². The van der Waals surface area contributed by atoms with E-state index in [1.54, 1.807) is 0 Å². The van der Waals surface area contributed by atoms with Crippen LogP contribution in [0.4, 0.5) is 17.1 Å². The highest BCUT2D eigenvalue weighted by molar-refractivity contribution is 5.77. The van der Waals surface area contributed by atoms with Crippen LogP contribution >= 0.6 is 0 Å². The lowest BCUT2D eigenvalue weighted by Crippen LogP contribution is -1.98. The molecule has 11 heteroatoms. The van der Waals surface area contributed by atoms with Crippen molar-refractivity contribution in [3.05, 3.63) is 72.3 Å². The van der Waals surface area contributed by atoms with E-state index in [1.165, 1.54) is 6.07 Å². The van der Waals surface area contributed by atoms with E-state index in [1.807, 2.05) is 0 Å². The van der Waals surface area contributed by atoms with Crippen LogP contribution in [-0.4, -0.2) is 21.1 Å². The van der Waals surface area contributed by atoms with Gasteiger partial charge in [0.05, 0.1) is 20.8 Å². The van der Waals surface area contributed by atoms with Crippen LogP contribution in [-0.2, 0) is 0 Å². The minimum Gasteiger partial charge on any atom is -0.443 e. The molecule has 0 aliphatic rings. The second-order valence-electron chi connectivity index (χ2n) is 4.37. The topological polar surface area (TPSA) is 156 Å². The molecule has 0 aromatic heterocycles. The van der Waals surface area contributed by atoms with E-state index in [2.05, 4.69) is 0 Å². The number of nitrogens with zero attached hydrogens (tertiary/aromatic N) is 3. The van der Waals surface area contributed by atoms with Gasteiger partial charge in [-0.2, -0.15) is 0 Å². The van der Waals surface area contributed by atoms with Crippen molar-refractivity contribution in [3.63, 3.8) is 0 Å². The number of hydrogen-bond acceptors (Lipinski definition) is 8. The molecule has 2 aromatic rings. The predicted molar refractivity (Wildman–Crippen MR) is 78.3 cm³/mol. The molecule has 122 valence electrons. The maximum Gasteiger partial charge on any atom is 0.318 e. The molecule has 0 bridgehead atoms. The van der Waals surface area contributed by atoms with Crippen LogP contribution in [0.5, 0.6) is 11.5 Å². The molecule has 0 heterocycles. The van der Waals surface area contributed by atoms with Gasteiger partial charge in [-0.1, -0.05) is 0 Å². The Morgan fingerprint density at radius 1 is 0.792 bits per heavy atom. The van der Waals surface area contributed by atoms with Gasteiger partial charge in [-0.3, -0.25) is 35.1 Å². The van der Waals surface area contributed by atoms with Crippen molar-refractivity contribution < 1.29 is 24.3 Å². The number of aldehydes is 1. The Bertz CT molecular complexity index is 864. The zero-order chi connectivity index (χ0) is 17.9. The highest BCUT2D eigenvalue weighted by Crippen LogP contribution is 2.38. The zero-order valence-electron chi connectivity index (χ0n) is 11.6. The molecule has 0 atom stereocenters. The van der Waals surface area contributed by atoms with Gasteiger partial charge in [0.1, 0.15) is 6.29 Å². The predicted octanol–water partition coefficient (Wildman–Crippen LogP) is 3.02. The maximum absolute atomic E-state index is 11.0. The molecule has 0 unspecified atom stereocenters. The summed E-state index contributed by atoms with van der Waals surface area (Å²) < 4.78 is 5.18. The van der Waals surface area contributed by atoms with Crippen molar-refractivity contribution >= 4 is 23.3 Å². The molecular weight excluding hydrogens is 326 g/mol. The van der Waals surface area contributed by atoms with Gasteiger partial charge in [-0.25, -0.2) is 0 Å². The molecule has 0 saturated heterocycles. The number of nitro groups is 3. The highest BCUT2D eigenvalue weighted by atomic mass is 16.6. The van der Waals surface area contributed by atoms with E-state index in [4.69, 9.17) is 4.74 Å². The normalized spacial score (nSPS) is 10.0. The molecule has 0 amide bonds. The Hall–Kier alpha value is -3.89. The Morgan fingerprint density at radius 2 is 1.46 bits per heavy atom. The smallest absolute Gasteiger partial charge is 0.318 e. The molecular formula is C13H7N3O8. The summed E-state index contributed by atoms with van der Waals surface area (Å²) in [6.07, 6.45) is 0.417. The molecule has 2 aromatic carbocycles. The van der Waals surface area contributed by atoms with Gasteiger partial charge >= 0.3 is 11.4 Å². The number of benzene rings is 2. The summed E-state index contributed by atoms with van der Waals surface area (Å²) in [7, 11) is 0. The van der Waals surface area contributed by atoms with Gasteiger partial charge in [0, 0.05) is 17.7 Å².